The van der Waals surface area contributed by atoms with Crippen LogP contribution in [-0.4, -0.2) is 26.6 Å². The van der Waals surface area contributed by atoms with Crippen molar-refractivity contribution in [2.24, 2.45) is 17.3 Å². The van der Waals surface area contributed by atoms with Gasteiger partial charge in [-0.15, -0.1) is 0 Å². The molecule has 4 aliphatic rings. The molecule has 2 N–H and O–H groups in total. The summed E-state index contributed by atoms with van der Waals surface area (Å²) in [6, 6.07) is 6.99. The van der Waals surface area contributed by atoms with Crippen LogP contribution in [0.5, 0.6) is 0 Å². The Balaban J connectivity index is 1.48. The van der Waals surface area contributed by atoms with Crippen molar-refractivity contribution in [1.82, 2.24) is 9.78 Å². The first-order valence-electron chi connectivity index (χ1n) is 11.1. The van der Waals surface area contributed by atoms with E-state index >= 15 is 0 Å². The number of ketones is 1. The lowest BCUT2D eigenvalue weighted by atomic mass is 9.46. The second-order valence-corrected chi connectivity index (χ2v) is 10.5. The van der Waals surface area contributed by atoms with Crippen molar-refractivity contribution in [2.45, 2.75) is 57.4 Å². The normalized spacial score (nSPS) is 30.3. The van der Waals surface area contributed by atoms with Crippen LogP contribution in [0, 0.1) is 17.3 Å². The van der Waals surface area contributed by atoms with Gasteiger partial charge in [-0.05, 0) is 74.8 Å². The van der Waals surface area contributed by atoms with Gasteiger partial charge in [-0.3, -0.25) is 14.4 Å². The maximum absolute atomic E-state index is 13.4. The number of rotatable bonds is 6. The fraction of sp³-hybridized carbons (Fsp3) is 0.500. The summed E-state index contributed by atoms with van der Waals surface area (Å²) in [5.41, 5.74) is 0.518. The van der Waals surface area contributed by atoms with Crippen LogP contribution in [0.4, 0.5) is 11.4 Å². The number of carbonyl (C=O) groups is 2. The molecule has 4 aliphatic carbocycles. The molecular weight excluding hydrogens is 430 g/mol. The van der Waals surface area contributed by atoms with Gasteiger partial charge in [-0.2, -0.15) is 5.10 Å². The van der Waals surface area contributed by atoms with Gasteiger partial charge in [-0.1, -0.05) is 23.7 Å². The SMILES string of the molecule is CC(=O)c1cccc(Nc2cnn(C34C[C@@H]5C[C@H](CC(CC(=O)O)(C5)C3)C4)c(=O)c2Cl)c1. The van der Waals surface area contributed by atoms with Crippen molar-refractivity contribution in [3.05, 3.63) is 51.4 Å². The number of nitrogens with one attached hydrogen (secondary N) is 1. The first-order valence-corrected chi connectivity index (χ1v) is 11.4. The van der Waals surface area contributed by atoms with Crippen molar-refractivity contribution >= 4 is 34.7 Å². The highest BCUT2D eigenvalue weighted by atomic mass is 35.5. The Morgan fingerprint density at radius 2 is 1.97 bits per heavy atom. The van der Waals surface area contributed by atoms with E-state index in [1.54, 1.807) is 35.1 Å². The number of anilines is 2. The minimum atomic E-state index is -0.771. The van der Waals surface area contributed by atoms with E-state index in [-0.39, 0.29) is 28.2 Å². The molecule has 0 amide bonds. The van der Waals surface area contributed by atoms with Crippen LogP contribution in [-0.2, 0) is 10.3 Å². The second-order valence-electron chi connectivity index (χ2n) is 10.1. The van der Waals surface area contributed by atoms with Crippen LogP contribution in [0.2, 0.25) is 5.02 Å². The van der Waals surface area contributed by atoms with Crippen LogP contribution >= 0.6 is 11.6 Å². The lowest BCUT2D eigenvalue weighted by Crippen LogP contribution is -2.59. The summed E-state index contributed by atoms with van der Waals surface area (Å²) in [4.78, 5) is 36.6. The topological polar surface area (TPSA) is 101 Å². The molecule has 0 aliphatic heterocycles. The molecule has 7 nitrogen and oxygen atoms in total. The number of aliphatic carboxylic acids is 1. The Morgan fingerprint density at radius 3 is 2.62 bits per heavy atom. The second kappa shape index (κ2) is 7.44. The van der Waals surface area contributed by atoms with Crippen molar-refractivity contribution in [3.8, 4) is 0 Å². The van der Waals surface area contributed by atoms with Crippen LogP contribution in [0.25, 0.3) is 0 Å². The smallest absolute Gasteiger partial charge is 0.303 e. The van der Waals surface area contributed by atoms with Gasteiger partial charge in [0.2, 0.25) is 0 Å². The average Bonchev–Trinajstić information content (AvgIpc) is 2.69. The Morgan fingerprint density at radius 1 is 1.25 bits per heavy atom. The maximum atomic E-state index is 13.4. The van der Waals surface area contributed by atoms with E-state index < -0.39 is 11.5 Å². The predicted octanol–water partition coefficient (Wildman–Crippen LogP) is 4.61. The predicted molar refractivity (Wildman–Crippen MR) is 121 cm³/mol. The summed E-state index contributed by atoms with van der Waals surface area (Å²) >= 11 is 6.51. The highest BCUT2D eigenvalue weighted by Gasteiger charge is 2.59. The third kappa shape index (κ3) is 3.52. The number of benzene rings is 1. The Kier molecular flexibility index (Phi) is 4.93. The fourth-order valence-corrected chi connectivity index (χ4v) is 7.18. The van der Waals surface area contributed by atoms with Crippen LogP contribution < -0.4 is 10.9 Å². The molecule has 2 aromatic rings. The quantitative estimate of drug-likeness (QED) is 0.616. The third-order valence-electron chi connectivity index (χ3n) is 7.59. The highest BCUT2D eigenvalue weighted by Crippen LogP contribution is 2.65. The van der Waals surface area contributed by atoms with E-state index in [1.165, 1.54) is 6.92 Å². The number of Topliss-reactive ketones (excluding diaryl/α,β-unsaturated/α-hetero) is 1. The molecule has 4 saturated carbocycles. The molecule has 6 rings (SSSR count). The fourth-order valence-electron chi connectivity index (χ4n) is 7.01. The summed E-state index contributed by atoms with van der Waals surface area (Å²) in [7, 11) is 0. The zero-order valence-corrected chi connectivity index (χ0v) is 18.7. The number of halogens is 1. The molecule has 32 heavy (non-hydrogen) atoms. The minimum absolute atomic E-state index is 0.0506. The molecule has 4 fully saturated rings. The van der Waals surface area contributed by atoms with Gasteiger partial charge in [0.25, 0.3) is 5.56 Å². The highest BCUT2D eigenvalue weighted by molar-refractivity contribution is 6.33. The van der Waals surface area contributed by atoms with Gasteiger partial charge in [0.1, 0.15) is 5.02 Å². The maximum Gasteiger partial charge on any atom is 0.303 e. The van der Waals surface area contributed by atoms with Gasteiger partial charge >= 0.3 is 5.97 Å². The summed E-state index contributed by atoms with van der Waals surface area (Å²) in [5, 5.41) is 17.2. The largest absolute Gasteiger partial charge is 0.481 e. The third-order valence-corrected chi connectivity index (χ3v) is 7.96. The van der Waals surface area contributed by atoms with E-state index in [4.69, 9.17) is 11.6 Å². The van der Waals surface area contributed by atoms with Gasteiger partial charge in [0.15, 0.2) is 5.78 Å². The molecule has 8 heteroatoms. The number of hydrogen-bond donors (Lipinski definition) is 2. The summed E-state index contributed by atoms with van der Waals surface area (Å²) in [5.74, 6) is 0.0311. The first-order chi connectivity index (χ1) is 15.2. The lowest BCUT2D eigenvalue weighted by Gasteiger charge is -2.61. The molecule has 1 aromatic heterocycles. The summed E-state index contributed by atoms with van der Waals surface area (Å²) in [6.07, 6.45) is 7.03. The van der Waals surface area contributed by atoms with Crippen LogP contribution in [0.3, 0.4) is 0 Å². The van der Waals surface area contributed by atoms with E-state index in [1.807, 2.05) is 0 Å². The number of carboxylic acid groups (broad SMARTS) is 1. The molecule has 2 atom stereocenters. The zero-order valence-electron chi connectivity index (χ0n) is 17.9. The standard InChI is InChI=1S/C24H26ClN3O4/c1-14(29)17-3-2-4-18(6-17)27-19-12-26-28(22(32)21(19)25)24-9-15-5-16(10-24)8-23(7-15,13-24)11-20(30)31/h2-4,6,12,15-16,27H,5,7-11,13H2,1H3,(H,30,31)/t15-,16-,23?,24?/m1/s1. The molecule has 0 saturated heterocycles. The number of carboxylic acids is 1. The number of hydrogen-bond acceptors (Lipinski definition) is 5. The Hall–Kier alpha value is -2.67. The number of nitrogens with zero attached hydrogens (tertiary/aromatic N) is 2. The van der Waals surface area contributed by atoms with Gasteiger partial charge in [-0.25, -0.2) is 4.68 Å². The Bertz CT molecular complexity index is 1160. The molecule has 4 bridgehead atoms. The van der Waals surface area contributed by atoms with Crippen molar-refractivity contribution < 1.29 is 14.7 Å². The summed E-state index contributed by atoms with van der Waals surface area (Å²) in [6.45, 7) is 1.50. The number of aromatic nitrogens is 2. The molecule has 1 aromatic carbocycles. The van der Waals surface area contributed by atoms with E-state index in [9.17, 15) is 19.5 Å². The summed E-state index contributed by atoms with van der Waals surface area (Å²) < 4.78 is 1.54. The van der Waals surface area contributed by atoms with Crippen molar-refractivity contribution in [3.63, 3.8) is 0 Å². The molecule has 0 radical (unpaired) electrons. The van der Waals surface area contributed by atoms with Gasteiger partial charge < -0.3 is 10.4 Å². The molecule has 0 spiro atoms. The Labute approximate surface area is 190 Å². The van der Waals surface area contributed by atoms with E-state index in [0.29, 0.717) is 35.2 Å². The molecule has 168 valence electrons. The molecule has 0 unspecified atom stereocenters. The average molecular weight is 456 g/mol. The van der Waals surface area contributed by atoms with Gasteiger partial charge in [0.05, 0.1) is 23.8 Å². The van der Waals surface area contributed by atoms with Crippen LogP contribution in [0.1, 0.15) is 62.2 Å². The lowest BCUT2D eigenvalue weighted by molar-refractivity contribution is -0.151. The minimum Gasteiger partial charge on any atom is -0.481 e. The van der Waals surface area contributed by atoms with Crippen molar-refractivity contribution in [2.75, 3.05) is 5.32 Å². The molecular formula is C24H26ClN3O4. The van der Waals surface area contributed by atoms with E-state index in [0.717, 1.165) is 32.1 Å². The van der Waals surface area contributed by atoms with Gasteiger partial charge in [0, 0.05) is 11.3 Å². The van der Waals surface area contributed by atoms with E-state index in [2.05, 4.69) is 10.4 Å². The first kappa shape index (κ1) is 21.2. The zero-order chi connectivity index (χ0) is 22.7. The molecule has 1 heterocycles. The number of carbonyl (C=O) groups excluding carboxylic acids is 1. The monoisotopic (exact) mass is 455 g/mol. The van der Waals surface area contributed by atoms with Crippen molar-refractivity contribution in [1.29, 1.82) is 0 Å². The van der Waals surface area contributed by atoms with Crippen LogP contribution in [0.15, 0.2) is 35.3 Å².